The van der Waals surface area contributed by atoms with Crippen LogP contribution in [0.2, 0.25) is 0 Å². The molecule has 0 spiro atoms. The number of amides is 1. The van der Waals surface area contributed by atoms with Crippen molar-refractivity contribution in [3.63, 3.8) is 0 Å². The second-order valence-corrected chi connectivity index (χ2v) is 4.99. The van der Waals surface area contributed by atoms with Gasteiger partial charge in [-0.1, -0.05) is 0 Å². The third-order valence-corrected chi connectivity index (χ3v) is 3.28. The molecule has 1 amide bonds. The smallest absolute Gasteiger partial charge is 0.225 e. The number of rotatable bonds is 2. The summed E-state index contributed by atoms with van der Waals surface area (Å²) < 4.78 is 0. The minimum Gasteiger partial charge on any atom is -0.349 e. The van der Waals surface area contributed by atoms with Gasteiger partial charge in [-0.2, -0.15) is 0 Å². The van der Waals surface area contributed by atoms with E-state index in [1.54, 1.807) is 4.90 Å². The van der Waals surface area contributed by atoms with Crippen molar-refractivity contribution in [3.05, 3.63) is 0 Å². The van der Waals surface area contributed by atoms with Crippen molar-refractivity contribution < 1.29 is 4.79 Å². The van der Waals surface area contributed by atoms with Crippen LogP contribution in [0.15, 0.2) is 0 Å². The van der Waals surface area contributed by atoms with E-state index >= 15 is 0 Å². The van der Waals surface area contributed by atoms with Crippen LogP contribution in [0, 0.1) is 5.92 Å². The molecule has 0 radical (unpaired) electrons. The van der Waals surface area contributed by atoms with Gasteiger partial charge < -0.3 is 9.80 Å². The molecule has 1 heterocycles. The maximum absolute atomic E-state index is 11.8. The molecule has 0 aromatic rings. The van der Waals surface area contributed by atoms with Crippen molar-refractivity contribution in [2.75, 3.05) is 27.2 Å². The lowest BCUT2D eigenvalue weighted by atomic mass is 9.99. The maximum atomic E-state index is 11.8. The molecule has 0 N–H and O–H groups in total. The molecule has 1 aliphatic rings. The van der Waals surface area contributed by atoms with Crippen LogP contribution in [-0.2, 0) is 4.79 Å². The standard InChI is InChI=1S/C12H24N2O/c1-10(2)14-8-5-6-11(7-9-14)12(15)13(3)4/h10-11H,5-9H2,1-4H3. The summed E-state index contributed by atoms with van der Waals surface area (Å²) in [5, 5.41) is 0. The summed E-state index contributed by atoms with van der Waals surface area (Å²) in [5.41, 5.74) is 0. The van der Waals surface area contributed by atoms with Crippen LogP contribution in [0.1, 0.15) is 33.1 Å². The molecule has 1 atom stereocenters. The zero-order valence-electron chi connectivity index (χ0n) is 10.5. The van der Waals surface area contributed by atoms with Crippen LogP contribution < -0.4 is 0 Å². The third kappa shape index (κ3) is 3.49. The highest BCUT2D eigenvalue weighted by Crippen LogP contribution is 2.20. The highest BCUT2D eigenvalue weighted by atomic mass is 16.2. The summed E-state index contributed by atoms with van der Waals surface area (Å²) in [6.45, 7) is 6.68. The molecule has 0 aliphatic carbocycles. The minimum atomic E-state index is 0.253. The van der Waals surface area contributed by atoms with Crippen molar-refractivity contribution in [2.45, 2.75) is 39.2 Å². The molecule has 1 fully saturated rings. The summed E-state index contributed by atoms with van der Waals surface area (Å²) in [5.74, 6) is 0.560. The van der Waals surface area contributed by atoms with Gasteiger partial charge in [0.05, 0.1) is 0 Å². The lowest BCUT2D eigenvalue weighted by molar-refractivity contribution is -0.133. The molecule has 0 aromatic heterocycles. The Hall–Kier alpha value is -0.570. The van der Waals surface area contributed by atoms with Crippen LogP contribution in [0.25, 0.3) is 0 Å². The Bertz CT molecular complexity index is 214. The minimum absolute atomic E-state index is 0.253. The van der Waals surface area contributed by atoms with E-state index in [1.807, 2.05) is 14.1 Å². The van der Waals surface area contributed by atoms with Crippen LogP contribution in [0.3, 0.4) is 0 Å². The van der Waals surface area contributed by atoms with Crippen LogP contribution in [0.5, 0.6) is 0 Å². The molecule has 0 saturated carbocycles. The van der Waals surface area contributed by atoms with Crippen molar-refractivity contribution in [2.24, 2.45) is 5.92 Å². The molecule has 1 aliphatic heterocycles. The lowest BCUT2D eigenvalue weighted by Gasteiger charge is -2.24. The zero-order valence-corrected chi connectivity index (χ0v) is 10.5. The molecule has 0 aromatic carbocycles. The highest BCUT2D eigenvalue weighted by molar-refractivity contribution is 5.78. The van der Waals surface area contributed by atoms with Gasteiger partial charge in [0, 0.05) is 26.1 Å². The largest absolute Gasteiger partial charge is 0.349 e. The first-order valence-electron chi connectivity index (χ1n) is 5.97. The van der Waals surface area contributed by atoms with E-state index in [-0.39, 0.29) is 5.92 Å². The van der Waals surface area contributed by atoms with Gasteiger partial charge in [-0.15, -0.1) is 0 Å². The first-order valence-corrected chi connectivity index (χ1v) is 5.97. The molecular weight excluding hydrogens is 188 g/mol. The van der Waals surface area contributed by atoms with Crippen LogP contribution >= 0.6 is 0 Å². The highest BCUT2D eigenvalue weighted by Gasteiger charge is 2.24. The fourth-order valence-electron chi connectivity index (χ4n) is 2.25. The predicted octanol–water partition coefficient (Wildman–Crippen LogP) is 1.59. The van der Waals surface area contributed by atoms with Gasteiger partial charge in [0.2, 0.25) is 5.91 Å². The normalized spacial score (nSPS) is 23.9. The topological polar surface area (TPSA) is 23.6 Å². The van der Waals surface area contributed by atoms with Crippen molar-refractivity contribution in [1.82, 2.24) is 9.80 Å². The Labute approximate surface area is 93.4 Å². The number of likely N-dealkylation sites (tertiary alicyclic amines) is 1. The van der Waals surface area contributed by atoms with E-state index in [0.29, 0.717) is 11.9 Å². The van der Waals surface area contributed by atoms with Gasteiger partial charge in [-0.3, -0.25) is 4.79 Å². The molecule has 1 rings (SSSR count). The van der Waals surface area contributed by atoms with Gasteiger partial charge in [-0.05, 0) is 46.2 Å². The Morgan fingerprint density at radius 1 is 1.27 bits per heavy atom. The number of hydrogen-bond acceptors (Lipinski definition) is 2. The fraction of sp³-hybridized carbons (Fsp3) is 0.917. The van der Waals surface area contributed by atoms with Gasteiger partial charge in [0.25, 0.3) is 0 Å². The van der Waals surface area contributed by atoms with E-state index in [4.69, 9.17) is 0 Å². The van der Waals surface area contributed by atoms with Crippen molar-refractivity contribution in [1.29, 1.82) is 0 Å². The van der Waals surface area contributed by atoms with E-state index in [2.05, 4.69) is 18.7 Å². The number of carbonyl (C=O) groups excluding carboxylic acids is 1. The Morgan fingerprint density at radius 2 is 1.93 bits per heavy atom. The molecule has 15 heavy (non-hydrogen) atoms. The second-order valence-electron chi connectivity index (χ2n) is 4.99. The second kappa shape index (κ2) is 5.50. The quantitative estimate of drug-likeness (QED) is 0.694. The average molecular weight is 212 g/mol. The average Bonchev–Trinajstić information content (AvgIpc) is 2.41. The van der Waals surface area contributed by atoms with Crippen LogP contribution in [0.4, 0.5) is 0 Å². The summed E-state index contributed by atoms with van der Waals surface area (Å²) in [6.07, 6.45) is 3.23. The molecule has 3 heteroatoms. The molecule has 0 bridgehead atoms. The first-order chi connectivity index (χ1) is 7.02. The number of hydrogen-bond donors (Lipinski definition) is 0. The summed E-state index contributed by atoms with van der Waals surface area (Å²) in [6, 6.07) is 0.609. The van der Waals surface area contributed by atoms with Crippen LogP contribution in [-0.4, -0.2) is 48.9 Å². The Morgan fingerprint density at radius 3 is 2.47 bits per heavy atom. The number of nitrogens with zero attached hydrogens (tertiary/aromatic N) is 2. The molecule has 88 valence electrons. The third-order valence-electron chi connectivity index (χ3n) is 3.28. The molecule has 3 nitrogen and oxygen atoms in total. The first kappa shape index (κ1) is 12.5. The summed E-state index contributed by atoms with van der Waals surface area (Å²) >= 11 is 0. The monoisotopic (exact) mass is 212 g/mol. The van der Waals surface area contributed by atoms with Gasteiger partial charge >= 0.3 is 0 Å². The van der Waals surface area contributed by atoms with Gasteiger partial charge in [0.15, 0.2) is 0 Å². The van der Waals surface area contributed by atoms with E-state index in [0.717, 1.165) is 32.4 Å². The van der Waals surface area contributed by atoms with Gasteiger partial charge in [-0.25, -0.2) is 0 Å². The Kier molecular flexibility index (Phi) is 4.58. The summed E-state index contributed by atoms with van der Waals surface area (Å²) in [4.78, 5) is 16.0. The number of carbonyl (C=O) groups is 1. The van der Waals surface area contributed by atoms with E-state index < -0.39 is 0 Å². The molecule has 1 saturated heterocycles. The van der Waals surface area contributed by atoms with Crippen molar-refractivity contribution in [3.8, 4) is 0 Å². The summed E-state index contributed by atoms with van der Waals surface area (Å²) in [7, 11) is 3.71. The molecular formula is C12H24N2O. The van der Waals surface area contributed by atoms with E-state index in [1.165, 1.54) is 0 Å². The van der Waals surface area contributed by atoms with Crippen molar-refractivity contribution >= 4 is 5.91 Å². The van der Waals surface area contributed by atoms with Gasteiger partial charge in [0.1, 0.15) is 0 Å². The maximum Gasteiger partial charge on any atom is 0.225 e. The predicted molar refractivity (Wildman–Crippen MR) is 62.7 cm³/mol. The molecule has 1 unspecified atom stereocenters. The van der Waals surface area contributed by atoms with E-state index in [9.17, 15) is 4.79 Å². The zero-order chi connectivity index (χ0) is 11.4. The Balaban J connectivity index is 2.49. The fourth-order valence-corrected chi connectivity index (χ4v) is 2.25. The lowest BCUT2D eigenvalue weighted by Crippen LogP contribution is -2.33. The SMILES string of the molecule is CC(C)N1CCCC(C(=O)N(C)C)CC1.